The molecule has 9 nitrogen and oxygen atoms in total. The topological polar surface area (TPSA) is 139 Å². The predicted molar refractivity (Wildman–Crippen MR) is 132 cm³/mol. The van der Waals surface area contributed by atoms with E-state index in [0.29, 0.717) is 23.0 Å². The number of nitrogens with one attached hydrogen (secondary N) is 3. The van der Waals surface area contributed by atoms with Gasteiger partial charge in [-0.05, 0) is 45.1 Å². The molecule has 1 unspecified atom stereocenters. The molecule has 4 rings (SSSR count). The third-order valence-electron chi connectivity index (χ3n) is 6.86. The Kier molecular flexibility index (Phi) is 6.66. The number of allylic oxidation sites excluding steroid dienone is 1. The van der Waals surface area contributed by atoms with E-state index >= 15 is 0 Å². The summed E-state index contributed by atoms with van der Waals surface area (Å²) in [7, 11) is 0. The van der Waals surface area contributed by atoms with E-state index in [2.05, 4.69) is 52.5 Å². The maximum absolute atomic E-state index is 9.52. The van der Waals surface area contributed by atoms with E-state index in [1.165, 1.54) is 16.2 Å². The van der Waals surface area contributed by atoms with Gasteiger partial charge in [0.25, 0.3) is 5.79 Å². The number of amidine groups is 1. The summed E-state index contributed by atoms with van der Waals surface area (Å²) in [6.07, 6.45) is 7.78. The monoisotopic (exact) mass is 471 g/mol. The molecule has 7 N–H and O–H groups in total. The van der Waals surface area contributed by atoms with Gasteiger partial charge in [0.05, 0.1) is 11.3 Å². The van der Waals surface area contributed by atoms with Crippen LogP contribution in [0.2, 0.25) is 0 Å². The van der Waals surface area contributed by atoms with Gasteiger partial charge in [-0.3, -0.25) is 0 Å². The molecule has 0 aromatic carbocycles. The molecule has 0 radical (unpaired) electrons. The van der Waals surface area contributed by atoms with Crippen LogP contribution in [-0.4, -0.2) is 54.5 Å². The molecule has 0 amide bonds. The van der Waals surface area contributed by atoms with Crippen LogP contribution in [0.1, 0.15) is 62.0 Å². The van der Waals surface area contributed by atoms with Crippen LogP contribution in [0.25, 0.3) is 0 Å². The second kappa shape index (κ2) is 9.33. The van der Waals surface area contributed by atoms with E-state index in [1.807, 2.05) is 12.3 Å². The molecule has 2 aliphatic heterocycles. The number of nitrogens with two attached hydrogens (primary N) is 2. The van der Waals surface area contributed by atoms with Gasteiger partial charge in [-0.15, -0.1) is 11.3 Å². The Morgan fingerprint density at radius 1 is 1.42 bits per heavy atom. The summed E-state index contributed by atoms with van der Waals surface area (Å²) >= 11 is 1.52. The highest BCUT2D eigenvalue weighted by molar-refractivity contribution is 7.16. The van der Waals surface area contributed by atoms with Gasteiger partial charge in [0.1, 0.15) is 17.7 Å². The molecule has 1 aromatic heterocycles. The lowest BCUT2D eigenvalue weighted by atomic mass is 9.86. The van der Waals surface area contributed by atoms with E-state index in [9.17, 15) is 5.26 Å². The largest absolute Gasteiger partial charge is 0.393 e. The maximum atomic E-state index is 9.52. The number of nitrogen functional groups attached to an aromatic ring is 1. The zero-order valence-corrected chi connectivity index (χ0v) is 20.5. The van der Waals surface area contributed by atoms with Gasteiger partial charge >= 0.3 is 0 Å². The minimum absolute atomic E-state index is 0.105. The first-order valence-corrected chi connectivity index (χ1v) is 12.4. The summed E-state index contributed by atoms with van der Waals surface area (Å²) < 4.78 is 0. The fourth-order valence-corrected chi connectivity index (χ4v) is 6.00. The average molecular weight is 472 g/mol. The molecule has 178 valence electrons. The summed E-state index contributed by atoms with van der Waals surface area (Å²) in [5.41, 5.74) is 14.8. The number of hydrogen-bond donors (Lipinski definition) is 5. The number of aryl methyl sites for hydroxylation is 1. The molecule has 0 bridgehead atoms. The van der Waals surface area contributed by atoms with E-state index in [1.54, 1.807) is 0 Å². The van der Waals surface area contributed by atoms with Crippen LogP contribution in [-0.2, 0) is 11.3 Å². The molecule has 1 aliphatic carbocycles. The first-order valence-electron chi connectivity index (χ1n) is 11.6. The molecule has 3 aliphatic rings. The number of nitrogens with zero attached hydrogens (tertiary/aromatic N) is 3. The Morgan fingerprint density at radius 2 is 2.24 bits per heavy atom. The first kappa shape index (κ1) is 23.5. The predicted octanol–water partition coefficient (Wildman–Crippen LogP) is 0.297. The molecular formula is C23H35N8OS+. The molecular weight excluding hydrogens is 436 g/mol. The highest BCUT2D eigenvalue weighted by atomic mass is 32.1. The molecule has 10 heteroatoms. The fraction of sp³-hybridized carbons (Fsp3) is 0.609. The van der Waals surface area contributed by atoms with E-state index < -0.39 is 5.79 Å². The van der Waals surface area contributed by atoms with Gasteiger partial charge in [0.2, 0.25) is 0 Å². The quantitative estimate of drug-likeness (QED) is 0.236. The van der Waals surface area contributed by atoms with Crippen molar-refractivity contribution in [1.29, 1.82) is 5.26 Å². The van der Waals surface area contributed by atoms with Crippen molar-refractivity contribution < 1.29 is 9.83 Å². The van der Waals surface area contributed by atoms with E-state index in [0.717, 1.165) is 56.6 Å². The maximum Gasteiger partial charge on any atom is 0.293 e. The highest BCUT2D eigenvalue weighted by Crippen LogP contribution is 2.42. The lowest BCUT2D eigenvalue weighted by molar-refractivity contribution is -0.588. The number of nitriles is 1. The Morgan fingerprint density at radius 3 is 3.03 bits per heavy atom. The molecule has 1 saturated heterocycles. The van der Waals surface area contributed by atoms with Crippen molar-refractivity contribution in [3.05, 3.63) is 27.8 Å². The number of fused-ring (bicyclic) bond motifs is 1. The zero-order chi connectivity index (χ0) is 23.6. The molecule has 3 heterocycles. The molecule has 1 fully saturated rings. The van der Waals surface area contributed by atoms with Crippen molar-refractivity contribution in [2.24, 2.45) is 10.9 Å². The van der Waals surface area contributed by atoms with Crippen molar-refractivity contribution in [1.82, 2.24) is 15.5 Å². The molecule has 0 saturated carbocycles. The lowest BCUT2D eigenvalue weighted by Crippen LogP contribution is -2.95. The molecule has 2 atom stereocenters. The van der Waals surface area contributed by atoms with Crippen molar-refractivity contribution in [2.45, 2.75) is 63.7 Å². The van der Waals surface area contributed by atoms with Crippen LogP contribution >= 0.6 is 11.3 Å². The normalized spacial score (nSPS) is 27.6. The van der Waals surface area contributed by atoms with Crippen LogP contribution < -0.4 is 27.1 Å². The number of hydrogen-bond acceptors (Lipinski definition) is 8. The summed E-state index contributed by atoms with van der Waals surface area (Å²) in [4.78, 5) is 12.7. The number of oxime groups is 1. The third-order valence-corrected chi connectivity index (χ3v) is 7.95. The van der Waals surface area contributed by atoms with Crippen molar-refractivity contribution in [3.8, 4) is 6.07 Å². The van der Waals surface area contributed by atoms with Crippen LogP contribution in [0, 0.1) is 11.3 Å². The number of rotatable bonds is 5. The Bertz CT molecular complexity index is 1020. The average Bonchev–Trinajstić information content (AvgIpc) is 2.99. The molecule has 33 heavy (non-hydrogen) atoms. The molecule has 0 spiro atoms. The third kappa shape index (κ3) is 5.00. The summed E-state index contributed by atoms with van der Waals surface area (Å²) in [6, 6.07) is 2.26. The van der Waals surface area contributed by atoms with Crippen LogP contribution in [0.3, 0.4) is 0 Å². The van der Waals surface area contributed by atoms with Crippen LogP contribution in [0.5, 0.6) is 0 Å². The standard InChI is InChI=1S/C23H34N8OS/c1-22(2)8-11-31(12-10-27-22)23(3)28-9-7-17(29-23)20(25)30-32-14-15-5-4-6-18-19(15)16(13-24)21(26)33-18/h7,9,15,27,29H,4-6,8,10-12,14,26H2,1-3H3,(H2,25,30)/p+1/t15-,23?/m1/s1. The van der Waals surface area contributed by atoms with Crippen molar-refractivity contribution in [2.75, 3.05) is 32.0 Å². The van der Waals surface area contributed by atoms with Gasteiger partial charge in [-0.25, -0.2) is 9.89 Å². The number of thiophene rings is 1. The van der Waals surface area contributed by atoms with Crippen molar-refractivity contribution in [3.63, 3.8) is 0 Å². The fourth-order valence-electron chi connectivity index (χ4n) is 4.85. The lowest BCUT2D eigenvalue weighted by Gasteiger charge is -2.35. The zero-order valence-electron chi connectivity index (χ0n) is 19.7. The second-order valence-electron chi connectivity index (χ2n) is 9.79. The number of anilines is 1. The van der Waals surface area contributed by atoms with E-state index in [-0.39, 0.29) is 11.5 Å². The summed E-state index contributed by atoms with van der Waals surface area (Å²) in [6.45, 7) is 9.72. The van der Waals surface area contributed by atoms with Crippen molar-refractivity contribution >= 4 is 28.4 Å². The Balaban J connectivity index is 1.40. The first-order chi connectivity index (χ1) is 15.7. The van der Waals surface area contributed by atoms with E-state index in [4.69, 9.17) is 16.3 Å². The van der Waals surface area contributed by atoms with Gasteiger partial charge in [-0.2, -0.15) is 5.26 Å². The van der Waals surface area contributed by atoms with Gasteiger partial charge < -0.3 is 26.9 Å². The highest BCUT2D eigenvalue weighted by Gasteiger charge is 2.41. The minimum Gasteiger partial charge on any atom is -0.393 e. The van der Waals surface area contributed by atoms with Crippen LogP contribution in [0.15, 0.2) is 16.9 Å². The SMILES string of the molecule is CC1(C)CCN(C2(C)NC(/C(N)=N/OC[C@H]3CCCc4sc(N)c(C#N)c43)=CC=[NH+]2)CCN1. The Labute approximate surface area is 199 Å². The summed E-state index contributed by atoms with van der Waals surface area (Å²) in [5, 5.41) is 21.4. The van der Waals surface area contributed by atoms with Gasteiger partial charge in [0, 0.05) is 49.0 Å². The summed E-state index contributed by atoms with van der Waals surface area (Å²) in [5.74, 6) is -0.0672. The van der Waals surface area contributed by atoms with Gasteiger partial charge in [0.15, 0.2) is 12.1 Å². The van der Waals surface area contributed by atoms with Gasteiger partial charge in [-0.1, -0.05) is 5.16 Å². The van der Waals surface area contributed by atoms with Crippen LogP contribution in [0.4, 0.5) is 5.00 Å². The smallest absolute Gasteiger partial charge is 0.293 e. The second-order valence-corrected chi connectivity index (χ2v) is 10.9. The molecule has 1 aromatic rings. The minimum atomic E-state index is -0.472. The Hall–Kier alpha value is -2.61.